The van der Waals surface area contributed by atoms with E-state index in [4.69, 9.17) is 0 Å². The van der Waals surface area contributed by atoms with Gasteiger partial charge in [-0.15, -0.1) is 0 Å². The van der Waals surface area contributed by atoms with Crippen LogP contribution in [0.25, 0.3) is 21.9 Å². The van der Waals surface area contributed by atoms with Gasteiger partial charge in [0, 0.05) is 0 Å². The van der Waals surface area contributed by atoms with Gasteiger partial charge in [-0.05, 0) is 63.4 Å². The van der Waals surface area contributed by atoms with Crippen molar-refractivity contribution in [3.05, 3.63) is 143 Å². The molecule has 0 heterocycles. The van der Waals surface area contributed by atoms with E-state index in [2.05, 4.69) is 151 Å². The average molecular weight is 445 g/mol. The molecule has 0 N–H and O–H groups in total. The van der Waals surface area contributed by atoms with Gasteiger partial charge in [0.25, 0.3) is 0 Å². The Hall–Kier alpha value is -3.64. The third-order valence-electron chi connectivity index (χ3n) is 5.81. The molecule has 0 aliphatic rings. The molecule has 0 unspecified atom stereocenters. The van der Waals surface area contributed by atoms with Crippen LogP contribution in [0.2, 0.25) is 0 Å². The second kappa shape index (κ2) is 12.0. The Morgan fingerprint density at radius 1 is 0.265 bits per heavy atom. The van der Waals surface area contributed by atoms with Crippen molar-refractivity contribution in [2.24, 2.45) is 0 Å². The van der Waals surface area contributed by atoms with Crippen molar-refractivity contribution >= 4 is 10.8 Å². The first-order valence-electron chi connectivity index (χ1n) is 11.9. The average Bonchev–Trinajstić information content (AvgIpc) is 2.83. The number of fused-ring (bicyclic) bond motifs is 1. The SMILES string of the molecule is Cc1ccc(-c2ccc(C)cc2)cc1.Cc1ccc(C)cc1.Cc1ccc2cc(C)ccc2c1. The fourth-order valence-electron chi connectivity index (χ4n) is 3.61. The molecule has 5 rings (SSSR count). The van der Waals surface area contributed by atoms with Crippen LogP contribution in [-0.4, -0.2) is 0 Å². The summed E-state index contributed by atoms with van der Waals surface area (Å²) in [6.07, 6.45) is 0. The molecular weight excluding hydrogens is 408 g/mol. The molecule has 5 aromatic rings. The lowest BCUT2D eigenvalue weighted by atomic mass is 10.0. The van der Waals surface area contributed by atoms with Crippen molar-refractivity contribution in [3.63, 3.8) is 0 Å². The minimum atomic E-state index is 1.29. The Bertz CT molecular complexity index is 1200. The van der Waals surface area contributed by atoms with Gasteiger partial charge in [-0.2, -0.15) is 0 Å². The lowest BCUT2D eigenvalue weighted by Gasteiger charge is -2.02. The van der Waals surface area contributed by atoms with E-state index in [1.54, 1.807) is 0 Å². The van der Waals surface area contributed by atoms with Crippen LogP contribution >= 0.6 is 0 Å². The monoisotopic (exact) mass is 444 g/mol. The van der Waals surface area contributed by atoms with Crippen LogP contribution in [0.5, 0.6) is 0 Å². The standard InChI is InChI=1S/C14H14.C12H12.C8H10/c1-11-3-7-13(8-4-11)14-9-5-12(2)6-10-14;1-9-3-5-12-8-10(2)4-6-11(12)7-9;1-7-3-5-8(2)6-4-7/h3-10H,1-2H3;3-8H,1-2H3;3-6H,1-2H3. The third-order valence-corrected chi connectivity index (χ3v) is 5.81. The second-order valence-corrected chi connectivity index (χ2v) is 9.24. The maximum Gasteiger partial charge on any atom is -0.0181 e. The summed E-state index contributed by atoms with van der Waals surface area (Å²) in [4.78, 5) is 0. The van der Waals surface area contributed by atoms with Crippen molar-refractivity contribution in [1.29, 1.82) is 0 Å². The zero-order chi connectivity index (χ0) is 24.5. The molecule has 0 atom stereocenters. The predicted molar refractivity (Wildman–Crippen MR) is 151 cm³/mol. The fourth-order valence-corrected chi connectivity index (χ4v) is 3.61. The molecule has 5 aromatic carbocycles. The largest absolute Gasteiger partial charge is 0.0591 e. The molecule has 0 amide bonds. The second-order valence-electron chi connectivity index (χ2n) is 9.24. The molecule has 0 spiro atoms. The highest BCUT2D eigenvalue weighted by Gasteiger charge is 1.95. The summed E-state index contributed by atoms with van der Waals surface area (Å²) in [5, 5.41) is 2.67. The van der Waals surface area contributed by atoms with Crippen LogP contribution in [-0.2, 0) is 0 Å². The quantitative estimate of drug-likeness (QED) is 0.241. The Labute approximate surface area is 205 Å². The van der Waals surface area contributed by atoms with E-state index in [0.29, 0.717) is 0 Å². The summed E-state index contributed by atoms with van der Waals surface area (Å²) in [6, 6.07) is 38.8. The maximum atomic E-state index is 2.22. The molecule has 0 bridgehead atoms. The van der Waals surface area contributed by atoms with Gasteiger partial charge in [-0.25, -0.2) is 0 Å². The summed E-state index contributed by atoms with van der Waals surface area (Å²) in [5.74, 6) is 0. The molecule has 34 heavy (non-hydrogen) atoms. The van der Waals surface area contributed by atoms with Crippen molar-refractivity contribution in [2.75, 3.05) is 0 Å². The van der Waals surface area contributed by atoms with E-state index in [1.807, 2.05) is 0 Å². The van der Waals surface area contributed by atoms with Crippen molar-refractivity contribution in [3.8, 4) is 11.1 Å². The van der Waals surface area contributed by atoms with Gasteiger partial charge in [0.05, 0.1) is 0 Å². The molecule has 0 radical (unpaired) electrons. The van der Waals surface area contributed by atoms with E-state index in [9.17, 15) is 0 Å². The molecule has 0 saturated carbocycles. The smallest absolute Gasteiger partial charge is 0.0181 e. The molecule has 0 fully saturated rings. The number of aryl methyl sites for hydroxylation is 6. The predicted octanol–water partition coefficient (Wildman–Crippen LogP) is 9.73. The number of hydrogen-bond donors (Lipinski definition) is 0. The van der Waals surface area contributed by atoms with Crippen LogP contribution in [0.1, 0.15) is 33.4 Å². The normalized spacial score (nSPS) is 10.1. The molecule has 0 aliphatic heterocycles. The van der Waals surface area contributed by atoms with Gasteiger partial charge in [0.15, 0.2) is 0 Å². The van der Waals surface area contributed by atoms with Gasteiger partial charge in [0.2, 0.25) is 0 Å². The van der Waals surface area contributed by atoms with Crippen molar-refractivity contribution in [2.45, 2.75) is 41.5 Å². The van der Waals surface area contributed by atoms with Gasteiger partial charge in [0.1, 0.15) is 0 Å². The zero-order valence-electron chi connectivity index (χ0n) is 21.4. The van der Waals surface area contributed by atoms with Gasteiger partial charge < -0.3 is 0 Å². The Morgan fingerprint density at radius 3 is 0.794 bits per heavy atom. The van der Waals surface area contributed by atoms with Gasteiger partial charge in [-0.1, -0.05) is 143 Å². The zero-order valence-corrected chi connectivity index (χ0v) is 21.4. The Kier molecular flexibility index (Phi) is 8.82. The number of hydrogen-bond acceptors (Lipinski definition) is 0. The maximum absolute atomic E-state index is 2.22. The van der Waals surface area contributed by atoms with Crippen LogP contribution in [0.15, 0.2) is 109 Å². The molecular formula is C34H36. The highest BCUT2D eigenvalue weighted by Crippen LogP contribution is 2.20. The first kappa shape index (κ1) is 25.0. The van der Waals surface area contributed by atoms with Gasteiger partial charge >= 0.3 is 0 Å². The molecule has 0 aliphatic carbocycles. The van der Waals surface area contributed by atoms with E-state index < -0.39 is 0 Å². The lowest BCUT2D eigenvalue weighted by Crippen LogP contribution is -1.78. The molecule has 172 valence electrons. The lowest BCUT2D eigenvalue weighted by molar-refractivity contribution is 1.40. The number of benzene rings is 5. The van der Waals surface area contributed by atoms with Crippen LogP contribution in [0, 0.1) is 41.5 Å². The van der Waals surface area contributed by atoms with Crippen LogP contribution < -0.4 is 0 Å². The summed E-state index contributed by atoms with van der Waals surface area (Å²) in [5.41, 5.74) is 10.5. The topological polar surface area (TPSA) is 0 Å². The minimum Gasteiger partial charge on any atom is -0.0591 e. The third kappa shape index (κ3) is 7.74. The first-order chi connectivity index (χ1) is 16.3. The summed E-state index contributed by atoms with van der Waals surface area (Å²) in [6.45, 7) is 12.7. The van der Waals surface area contributed by atoms with E-state index >= 15 is 0 Å². The van der Waals surface area contributed by atoms with Crippen LogP contribution in [0.4, 0.5) is 0 Å². The van der Waals surface area contributed by atoms with E-state index in [0.717, 1.165) is 0 Å². The highest BCUT2D eigenvalue weighted by molar-refractivity contribution is 5.83. The highest BCUT2D eigenvalue weighted by atomic mass is 14.0. The first-order valence-corrected chi connectivity index (χ1v) is 11.9. The molecule has 0 aromatic heterocycles. The summed E-state index contributed by atoms with van der Waals surface area (Å²) in [7, 11) is 0. The van der Waals surface area contributed by atoms with Crippen LogP contribution in [0.3, 0.4) is 0 Å². The van der Waals surface area contributed by atoms with Gasteiger partial charge in [-0.3, -0.25) is 0 Å². The van der Waals surface area contributed by atoms with Crippen molar-refractivity contribution < 1.29 is 0 Å². The van der Waals surface area contributed by atoms with E-state index in [1.165, 1.54) is 55.3 Å². The Morgan fingerprint density at radius 2 is 0.500 bits per heavy atom. The Balaban J connectivity index is 0.000000148. The minimum absolute atomic E-state index is 1.29. The van der Waals surface area contributed by atoms with E-state index in [-0.39, 0.29) is 0 Å². The van der Waals surface area contributed by atoms with Crippen molar-refractivity contribution in [1.82, 2.24) is 0 Å². The summed E-state index contributed by atoms with van der Waals surface area (Å²) < 4.78 is 0. The molecule has 0 nitrogen and oxygen atoms in total. The molecule has 0 saturated heterocycles. The summed E-state index contributed by atoms with van der Waals surface area (Å²) >= 11 is 0. The fraction of sp³-hybridized carbons (Fsp3) is 0.176. The number of rotatable bonds is 1. The molecule has 0 heteroatoms.